The maximum Gasteiger partial charge on any atom is 0.321 e. The molecule has 0 aromatic heterocycles. The number of benzene rings is 1. The van der Waals surface area contributed by atoms with Crippen molar-refractivity contribution in [2.75, 3.05) is 25.0 Å². The van der Waals surface area contributed by atoms with Gasteiger partial charge in [0.05, 0.1) is 11.7 Å². The summed E-state index contributed by atoms with van der Waals surface area (Å²) in [5.41, 5.74) is 1.67. The molecule has 2 aliphatic rings. The Bertz CT molecular complexity index is 680. The van der Waals surface area contributed by atoms with Gasteiger partial charge in [0.15, 0.2) is 0 Å². The SMILES string of the molecule is CCC(C)CN1C(=O)C(C)NC12CCN(C(=O)Nc1ccc(C)cc1)CC2. The summed E-state index contributed by atoms with van der Waals surface area (Å²) in [6, 6.07) is 7.60. The van der Waals surface area contributed by atoms with E-state index in [4.69, 9.17) is 0 Å². The Hall–Kier alpha value is -2.08. The fraction of sp³-hybridized carbons (Fsp3) is 0.619. The molecule has 3 rings (SSSR count). The van der Waals surface area contributed by atoms with Gasteiger partial charge in [-0.05, 0) is 31.9 Å². The van der Waals surface area contributed by atoms with Crippen molar-refractivity contribution in [3.8, 4) is 0 Å². The van der Waals surface area contributed by atoms with Crippen molar-refractivity contribution in [1.29, 1.82) is 0 Å². The highest BCUT2D eigenvalue weighted by Gasteiger charge is 2.50. The van der Waals surface area contributed by atoms with Gasteiger partial charge in [-0.2, -0.15) is 0 Å². The van der Waals surface area contributed by atoms with E-state index in [1.807, 2.05) is 47.9 Å². The number of aryl methyl sites for hydroxylation is 1. The van der Waals surface area contributed by atoms with Crippen molar-refractivity contribution < 1.29 is 9.59 Å². The van der Waals surface area contributed by atoms with Crippen LogP contribution in [0.25, 0.3) is 0 Å². The molecule has 6 nitrogen and oxygen atoms in total. The van der Waals surface area contributed by atoms with Crippen LogP contribution in [0.3, 0.4) is 0 Å². The molecule has 2 atom stereocenters. The highest BCUT2D eigenvalue weighted by molar-refractivity contribution is 5.89. The molecule has 1 spiro atoms. The fourth-order valence-electron chi connectivity index (χ4n) is 4.03. The number of anilines is 1. The second kappa shape index (κ2) is 7.89. The van der Waals surface area contributed by atoms with Crippen LogP contribution in [0.15, 0.2) is 24.3 Å². The van der Waals surface area contributed by atoms with Gasteiger partial charge < -0.3 is 15.1 Å². The molecule has 1 aromatic rings. The third-order valence-electron chi connectivity index (χ3n) is 6.01. The number of nitrogens with zero attached hydrogens (tertiary/aromatic N) is 2. The quantitative estimate of drug-likeness (QED) is 0.853. The fourth-order valence-corrected chi connectivity index (χ4v) is 4.03. The molecule has 2 heterocycles. The van der Waals surface area contributed by atoms with Crippen molar-refractivity contribution in [2.24, 2.45) is 5.92 Å². The van der Waals surface area contributed by atoms with Crippen molar-refractivity contribution >= 4 is 17.6 Å². The first-order chi connectivity index (χ1) is 12.8. The van der Waals surface area contributed by atoms with Gasteiger partial charge in [0.2, 0.25) is 5.91 Å². The van der Waals surface area contributed by atoms with Crippen molar-refractivity contribution in [3.63, 3.8) is 0 Å². The molecule has 1 aromatic carbocycles. The number of rotatable bonds is 4. The number of amides is 3. The molecule has 0 saturated carbocycles. The van der Waals surface area contributed by atoms with Crippen LogP contribution in [-0.4, -0.2) is 53.1 Å². The first-order valence-electron chi connectivity index (χ1n) is 10.1. The molecule has 2 saturated heterocycles. The number of nitrogens with one attached hydrogen (secondary N) is 2. The lowest BCUT2D eigenvalue weighted by atomic mass is 9.94. The molecular weight excluding hydrogens is 340 g/mol. The molecule has 2 N–H and O–H groups in total. The van der Waals surface area contributed by atoms with Gasteiger partial charge >= 0.3 is 6.03 Å². The smallest absolute Gasteiger partial charge is 0.321 e. The van der Waals surface area contributed by atoms with Gasteiger partial charge in [-0.3, -0.25) is 10.1 Å². The second-order valence-electron chi connectivity index (χ2n) is 8.14. The van der Waals surface area contributed by atoms with Crippen LogP contribution in [0.2, 0.25) is 0 Å². The first kappa shape index (κ1) is 19.7. The van der Waals surface area contributed by atoms with E-state index >= 15 is 0 Å². The lowest BCUT2D eigenvalue weighted by Crippen LogP contribution is -2.60. The van der Waals surface area contributed by atoms with Gasteiger partial charge in [0, 0.05) is 38.2 Å². The van der Waals surface area contributed by atoms with E-state index in [9.17, 15) is 9.59 Å². The maximum atomic E-state index is 12.7. The number of carbonyl (C=O) groups is 2. The van der Waals surface area contributed by atoms with Gasteiger partial charge in [-0.1, -0.05) is 38.0 Å². The third kappa shape index (κ3) is 4.10. The molecule has 3 amide bonds. The maximum absolute atomic E-state index is 12.7. The summed E-state index contributed by atoms with van der Waals surface area (Å²) in [5, 5.41) is 6.51. The predicted octanol–water partition coefficient (Wildman–Crippen LogP) is 3.19. The van der Waals surface area contributed by atoms with Crippen LogP contribution in [-0.2, 0) is 4.79 Å². The summed E-state index contributed by atoms with van der Waals surface area (Å²) in [6.45, 7) is 10.4. The minimum Gasteiger partial charge on any atom is -0.324 e. The molecule has 0 aliphatic carbocycles. The third-order valence-corrected chi connectivity index (χ3v) is 6.01. The lowest BCUT2D eigenvalue weighted by Gasteiger charge is -2.45. The van der Waals surface area contributed by atoms with Crippen molar-refractivity contribution in [2.45, 2.75) is 58.7 Å². The zero-order valence-electron chi connectivity index (χ0n) is 16.9. The van der Waals surface area contributed by atoms with E-state index in [2.05, 4.69) is 24.5 Å². The molecule has 2 unspecified atom stereocenters. The number of likely N-dealkylation sites (tertiary alicyclic amines) is 1. The van der Waals surface area contributed by atoms with Gasteiger partial charge in [-0.15, -0.1) is 0 Å². The summed E-state index contributed by atoms with van der Waals surface area (Å²) in [6.07, 6.45) is 2.58. The summed E-state index contributed by atoms with van der Waals surface area (Å²) in [7, 11) is 0. The molecule has 2 fully saturated rings. The standard InChI is InChI=1S/C21H32N4O2/c1-5-15(2)14-25-19(26)17(4)23-21(25)10-12-24(13-11-21)20(27)22-18-8-6-16(3)7-9-18/h6-9,15,17,23H,5,10-14H2,1-4H3,(H,22,27). The number of piperidine rings is 1. The Morgan fingerprint density at radius 3 is 2.52 bits per heavy atom. The zero-order chi connectivity index (χ0) is 19.6. The van der Waals surface area contributed by atoms with E-state index in [1.165, 1.54) is 5.56 Å². The number of hydrogen-bond acceptors (Lipinski definition) is 3. The van der Waals surface area contributed by atoms with E-state index in [0.29, 0.717) is 19.0 Å². The molecule has 2 aliphatic heterocycles. The Labute approximate surface area is 162 Å². The summed E-state index contributed by atoms with van der Waals surface area (Å²) < 4.78 is 0. The van der Waals surface area contributed by atoms with Crippen LogP contribution >= 0.6 is 0 Å². The lowest BCUT2D eigenvalue weighted by molar-refractivity contribution is -0.133. The highest BCUT2D eigenvalue weighted by atomic mass is 16.2. The van der Waals surface area contributed by atoms with Crippen LogP contribution < -0.4 is 10.6 Å². The van der Waals surface area contributed by atoms with Crippen molar-refractivity contribution in [3.05, 3.63) is 29.8 Å². The molecule has 0 radical (unpaired) electrons. The molecular formula is C21H32N4O2. The normalized spacial score (nSPS) is 23.0. The summed E-state index contributed by atoms with van der Waals surface area (Å²) in [5.74, 6) is 0.661. The van der Waals surface area contributed by atoms with E-state index < -0.39 is 0 Å². The second-order valence-corrected chi connectivity index (χ2v) is 8.14. The first-order valence-corrected chi connectivity index (χ1v) is 10.1. The molecule has 148 valence electrons. The van der Waals surface area contributed by atoms with Gasteiger partial charge in [0.25, 0.3) is 0 Å². The van der Waals surface area contributed by atoms with Gasteiger partial charge in [0.1, 0.15) is 0 Å². The molecule has 27 heavy (non-hydrogen) atoms. The Kier molecular flexibility index (Phi) is 5.75. The summed E-state index contributed by atoms with van der Waals surface area (Å²) in [4.78, 5) is 29.2. The predicted molar refractivity (Wildman–Crippen MR) is 108 cm³/mol. The highest BCUT2D eigenvalue weighted by Crippen LogP contribution is 2.33. The van der Waals surface area contributed by atoms with Crippen LogP contribution in [0, 0.1) is 12.8 Å². The van der Waals surface area contributed by atoms with E-state index in [-0.39, 0.29) is 23.6 Å². The number of hydrogen-bond donors (Lipinski definition) is 2. The largest absolute Gasteiger partial charge is 0.324 e. The van der Waals surface area contributed by atoms with Crippen LogP contribution in [0.4, 0.5) is 10.5 Å². The minimum absolute atomic E-state index is 0.0699. The Morgan fingerprint density at radius 2 is 1.93 bits per heavy atom. The Balaban J connectivity index is 1.63. The van der Waals surface area contributed by atoms with Crippen LogP contribution in [0.5, 0.6) is 0 Å². The topological polar surface area (TPSA) is 64.7 Å². The van der Waals surface area contributed by atoms with Gasteiger partial charge in [-0.25, -0.2) is 4.79 Å². The van der Waals surface area contributed by atoms with Crippen LogP contribution in [0.1, 0.15) is 45.6 Å². The minimum atomic E-state index is -0.305. The van der Waals surface area contributed by atoms with Crippen molar-refractivity contribution in [1.82, 2.24) is 15.1 Å². The zero-order valence-corrected chi connectivity index (χ0v) is 16.9. The average molecular weight is 373 g/mol. The monoisotopic (exact) mass is 372 g/mol. The number of urea groups is 1. The average Bonchev–Trinajstić information content (AvgIpc) is 2.88. The number of carbonyl (C=O) groups excluding carboxylic acids is 2. The molecule has 6 heteroatoms. The van der Waals surface area contributed by atoms with E-state index in [0.717, 1.165) is 31.5 Å². The summed E-state index contributed by atoms with van der Waals surface area (Å²) >= 11 is 0. The van der Waals surface area contributed by atoms with E-state index in [1.54, 1.807) is 0 Å². The Morgan fingerprint density at radius 1 is 1.30 bits per heavy atom. The molecule has 0 bridgehead atoms.